The molecular formula is C36H50O. The van der Waals surface area contributed by atoms with E-state index in [2.05, 4.69) is 74.5 Å². The number of rotatable bonds is 14. The van der Waals surface area contributed by atoms with Crippen LogP contribution in [0.1, 0.15) is 125 Å². The molecule has 37 heavy (non-hydrogen) atoms. The van der Waals surface area contributed by atoms with Crippen molar-refractivity contribution in [2.24, 2.45) is 0 Å². The summed E-state index contributed by atoms with van der Waals surface area (Å²) in [6.07, 6.45) is 22.2. The van der Waals surface area contributed by atoms with Gasteiger partial charge in [0.15, 0.2) is 0 Å². The topological polar surface area (TPSA) is 9.23 Å². The third-order valence-corrected chi connectivity index (χ3v) is 8.56. The molecule has 0 saturated carbocycles. The van der Waals surface area contributed by atoms with Crippen LogP contribution in [0.2, 0.25) is 0 Å². The van der Waals surface area contributed by atoms with Crippen molar-refractivity contribution in [1.82, 2.24) is 0 Å². The highest BCUT2D eigenvalue weighted by molar-refractivity contribution is 5.29. The van der Waals surface area contributed by atoms with E-state index in [9.17, 15) is 0 Å². The molecule has 0 aromatic heterocycles. The fourth-order valence-electron chi connectivity index (χ4n) is 6.23. The zero-order valence-corrected chi connectivity index (χ0v) is 23.7. The Bertz CT molecular complexity index is 897. The molecule has 4 rings (SSSR count). The van der Waals surface area contributed by atoms with Crippen LogP contribution in [0.5, 0.6) is 0 Å². The van der Waals surface area contributed by atoms with Crippen molar-refractivity contribution in [2.45, 2.75) is 116 Å². The van der Waals surface area contributed by atoms with Gasteiger partial charge in [-0.05, 0) is 111 Å². The number of benzene rings is 2. The van der Waals surface area contributed by atoms with Crippen LogP contribution in [-0.4, -0.2) is 13.2 Å². The lowest BCUT2D eigenvalue weighted by Gasteiger charge is -2.23. The first-order chi connectivity index (χ1) is 18.2. The van der Waals surface area contributed by atoms with Crippen molar-refractivity contribution in [3.63, 3.8) is 0 Å². The summed E-state index contributed by atoms with van der Waals surface area (Å²) in [7, 11) is 0. The molecule has 2 aliphatic rings. The van der Waals surface area contributed by atoms with Crippen LogP contribution in [0.3, 0.4) is 0 Å². The summed E-state index contributed by atoms with van der Waals surface area (Å²) >= 11 is 0. The van der Waals surface area contributed by atoms with Crippen LogP contribution < -0.4 is 0 Å². The third kappa shape index (κ3) is 8.99. The van der Waals surface area contributed by atoms with Gasteiger partial charge in [0.2, 0.25) is 0 Å². The molecule has 0 fully saturated rings. The van der Waals surface area contributed by atoms with E-state index in [4.69, 9.17) is 4.74 Å². The van der Waals surface area contributed by atoms with Gasteiger partial charge in [0.25, 0.3) is 0 Å². The summed E-state index contributed by atoms with van der Waals surface area (Å²) in [5, 5.41) is 0. The van der Waals surface area contributed by atoms with Gasteiger partial charge in [0.05, 0.1) is 0 Å². The molecule has 0 aliphatic heterocycles. The minimum atomic E-state index is 0.714. The standard InChI is InChI=1S/C36H50O/c1-3-7-29-11-19-33(20-12-29)35-23-15-31(16-24-35)9-5-27-37-28-6-10-32-17-25-36(26-18-32)34-21-13-30(8-4-2)14-22-34/h11-15,17,19-22,35-36H,3-10,16,18,23-28H2,1-2H3. The lowest BCUT2D eigenvalue weighted by atomic mass is 9.83. The van der Waals surface area contributed by atoms with Crippen molar-refractivity contribution in [3.8, 4) is 0 Å². The van der Waals surface area contributed by atoms with Crippen molar-refractivity contribution < 1.29 is 4.74 Å². The van der Waals surface area contributed by atoms with Gasteiger partial charge in [-0.2, -0.15) is 0 Å². The largest absolute Gasteiger partial charge is 0.381 e. The van der Waals surface area contributed by atoms with Crippen LogP contribution in [-0.2, 0) is 17.6 Å². The Morgan fingerprint density at radius 2 is 1.03 bits per heavy atom. The normalized spacial score (nSPS) is 19.9. The van der Waals surface area contributed by atoms with Gasteiger partial charge in [-0.25, -0.2) is 0 Å². The Morgan fingerprint density at radius 1 is 0.595 bits per heavy atom. The molecule has 2 atom stereocenters. The molecule has 0 saturated heterocycles. The molecule has 0 spiro atoms. The Hall–Kier alpha value is -2.12. The fourth-order valence-corrected chi connectivity index (χ4v) is 6.23. The predicted molar refractivity (Wildman–Crippen MR) is 160 cm³/mol. The molecule has 2 unspecified atom stereocenters. The van der Waals surface area contributed by atoms with Gasteiger partial charge in [-0.15, -0.1) is 0 Å². The van der Waals surface area contributed by atoms with Crippen LogP contribution in [0.4, 0.5) is 0 Å². The number of allylic oxidation sites excluding steroid dienone is 4. The lowest BCUT2D eigenvalue weighted by Crippen LogP contribution is -2.06. The van der Waals surface area contributed by atoms with E-state index >= 15 is 0 Å². The summed E-state index contributed by atoms with van der Waals surface area (Å²) < 4.78 is 6.00. The SMILES string of the molecule is CCCc1ccc(C2CC=C(CCCOCCCC3=CCC(c4ccc(CCC)cc4)CC3)CC2)cc1. The number of hydrogen-bond donors (Lipinski definition) is 0. The number of aryl methyl sites for hydroxylation is 2. The average Bonchev–Trinajstić information content (AvgIpc) is 2.94. The second-order valence-electron chi connectivity index (χ2n) is 11.5. The second-order valence-corrected chi connectivity index (χ2v) is 11.5. The molecule has 0 N–H and O–H groups in total. The molecule has 0 radical (unpaired) electrons. The molecule has 1 nitrogen and oxygen atoms in total. The Labute approximate surface area is 227 Å². The van der Waals surface area contributed by atoms with Crippen LogP contribution in [0, 0.1) is 0 Å². The van der Waals surface area contributed by atoms with Crippen molar-refractivity contribution >= 4 is 0 Å². The fraction of sp³-hybridized carbons (Fsp3) is 0.556. The molecule has 0 bridgehead atoms. The van der Waals surface area contributed by atoms with Crippen LogP contribution in [0.15, 0.2) is 71.8 Å². The van der Waals surface area contributed by atoms with Crippen molar-refractivity contribution in [1.29, 1.82) is 0 Å². The minimum absolute atomic E-state index is 0.714. The van der Waals surface area contributed by atoms with E-state index in [1.165, 1.54) is 112 Å². The summed E-state index contributed by atoms with van der Waals surface area (Å²) in [6.45, 7) is 6.33. The maximum Gasteiger partial charge on any atom is 0.0469 e. The molecule has 2 aromatic rings. The Morgan fingerprint density at radius 3 is 1.38 bits per heavy atom. The minimum Gasteiger partial charge on any atom is -0.381 e. The van der Waals surface area contributed by atoms with Crippen molar-refractivity contribution in [2.75, 3.05) is 13.2 Å². The summed E-state index contributed by atoms with van der Waals surface area (Å²) in [5.41, 5.74) is 9.33. The molecule has 1 heteroatoms. The van der Waals surface area contributed by atoms with Crippen molar-refractivity contribution in [3.05, 3.63) is 94.1 Å². The lowest BCUT2D eigenvalue weighted by molar-refractivity contribution is 0.129. The van der Waals surface area contributed by atoms with E-state index in [1.54, 1.807) is 11.1 Å². The zero-order valence-electron chi connectivity index (χ0n) is 23.7. The smallest absolute Gasteiger partial charge is 0.0469 e. The molecule has 200 valence electrons. The van der Waals surface area contributed by atoms with Gasteiger partial charge in [0, 0.05) is 13.2 Å². The Kier molecular flexibility index (Phi) is 11.6. The van der Waals surface area contributed by atoms with Gasteiger partial charge in [-0.1, -0.05) is 98.5 Å². The predicted octanol–water partition coefficient (Wildman–Crippen LogP) is 10.3. The second kappa shape index (κ2) is 15.3. The number of ether oxygens (including phenoxy) is 1. The van der Waals surface area contributed by atoms with Crippen LogP contribution >= 0.6 is 0 Å². The highest BCUT2D eigenvalue weighted by Crippen LogP contribution is 2.35. The van der Waals surface area contributed by atoms with E-state index in [1.807, 2.05) is 0 Å². The third-order valence-electron chi connectivity index (χ3n) is 8.56. The summed E-state index contributed by atoms with van der Waals surface area (Å²) in [5.74, 6) is 1.43. The van der Waals surface area contributed by atoms with E-state index < -0.39 is 0 Å². The van der Waals surface area contributed by atoms with Gasteiger partial charge < -0.3 is 4.74 Å². The van der Waals surface area contributed by atoms with Gasteiger partial charge in [-0.3, -0.25) is 0 Å². The molecule has 0 amide bonds. The quantitative estimate of drug-likeness (QED) is 0.186. The van der Waals surface area contributed by atoms with E-state index in [0.717, 1.165) is 13.2 Å². The monoisotopic (exact) mass is 498 g/mol. The molecule has 0 heterocycles. The summed E-state index contributed by atoms with van der Waals surface area (Å²) in [6, 6.07) is 18.8. The first-order valence-electron chi connectivity index (χ1n) is 15.4. The maximum absolute atomic E-state index is 6.00. The first-order valence-corrected chi connectivity index (χ1v) is 15.4. The average molecular weight is 499 g/mol. The Balaban J connectivity index is 1.05. The highest BCUT2D eigenvalue weighted by Gasteiger charge is 2.17. The zero-order chi connectivity index (χ0) is 25.7. The van der Waals surface area contributed by atoms with E-state index in [0.29, 0.717) is 11.8 Å². The molecular weight excluding hydrogens is 448 g/mol. The molecule has 2 aliphatic carbocycles. The first kappa shape index (κ1) is 27.9. The maximum atomic E-state index is 6.00. The summed E-state index contributed by atoms with van der Waals surface area (Å²) in [4.78, 5) is 0. The highest BCUT2D eigenvalue weighted by atomic mass is 16.5. The molecule has 2 aromatic carbocycles. The number of hydrogen-bond acceptors (Lipinski definition) is 1. The van der Waals surface area contributed by atoms with Gasteiger partial charge in [0.1, 0.15) is 0 Å². The van der Waals surface area contributed by atoms with E-state index in [-0.39, 0.29) is 0 Å². The van der Waals surface area contributed by atoms with Crippen LogP contribution in [0.25, 0.3) is 0 Å². The van der Waals surface area contributed by atoms with Gasteiger partial charge >= 0.3 is 0 Å².